The fraction of sp³-hybridized carbons (Fsp3) is 0.593. The van der Waals surface area contributed by atoms with Crippen molar-refractivity contribution >= 4 is 45.6 Å². The predicted molar refractivity (Wildman–Crippen MR) is 278 cm³/mol. The fourth-order valence-corrected chi connectivity index (χ4v) is 13.5. The Hall–Kier alpha value is -4.96. The third-order valence-corrected chi connectivity index (χ3v) is 16.9. The summed E-state index contributed by atoms with van der Waals surface area (Å²) in [4.78, 5) is 62.6. The first kappa shape index (κ1) is 51.4. The number of hydrogen-bond donors (Lipinski definition) is 2. The minimum absolute atomic E-state index is 0.136. The summed E-state index contributed by atoms with van der Waals surface area (Å²) in [5, 5.41) is 23.9. The lowest BCUT2D eigenvalue weighted by atomic mass is 9.83. The number of carbonyl (C=O) groups is 4. The Morgan fingerprint density at radius 2 is 1.13 bits per heavy atom. The molecule has 2 aliphatic carbocycles. The number of alkyl carbamates (subject to hydrolysis) is 1. The van der Waals surface area contributed by atoms with Crippen LogP contribution in [0.3, 0.4) is 0 Å². The number of nitrogens with one attached hydrogen (secondary N) is 1. The van der Waals surface area contributed by atoms with Gasteiger partial charge in [0.2, 0.25) is 11.8 Å². The van der Waals surface area contributed by atoms with Crippen molar-refractivity contribution < 1.29 is 29.0 Å². The molecule has 0 radical (unpaired) electrons. The van der Waals surface area contributed by atoms with Crippen LogP contribution in [0.1, 0.15) is 142 Å². The molecule has 4 heterocycles. The molecule has 8 rings (SSSR count). The first-order valence-corrected chi connectivity index (χ1v) is 28.2. The van der Waals surface area contributed by atoms with E-state index in [9.17, 15) is 14.7 Å². The summed E-state index contributed by atoms with van der Waals surface area (Å²) in [6.45, 7) is 12.7. The van der Waals surface area contributed by atoms with Crippen molar-refractivity contribution in [2.45, 2.75) is 167 Å². The second-order valence-corrected chi connectivity index (χ2v) is 24.3. The molecule has 4 aromatic rings. The van der Waals surface area contributed by atoms with Gasteiger partial charge in [0.1, 0.15) is 17.7 Å². The molecule has 70 heavy (non-hydrogen) atoms. The minimum Gasteiger partial charge on any atom is -0.465 e. The Bertz CT molecular complexity index is 2400. The van der Waals surface area contributed by atoms with Crippen molar-refractivity contribution in [3.05, 3.63) is 84.2 Å². The highest BCUT2D eigenvalue weighted by molar-refractivity contribution is 8.76. The van der Waals surface area contributed by atoms with Gasteiger partial charge in [0.05, 0.1) is 47.9 Å². The van der Waals surface area contributed by atoms with E-state index in [1.54, 1.807) is 20.8 Å². The van der Waals surface area contributed by atoms with Crippen molar-refractivity contribution in [3.8, 4) is 22.5 Å². The van der Waals surface area contributed by atoms with Crippen LogP contribution in [0.4, 0.5) is 9.59 Å². The van der Waals surface area contributed by atoms with Crippen molar-refractivity contribution in [1.82, 2.24) is 39.6 Å². The molecule has 2 aromatic carbocycles. The summed E-state index contributed by atoms with van der Waals surface area (Å²) < 4.78 is 9.84. The maximum atomic E-state index is 15.4. The number of fused-ring (bicyclic) bond motifs is 2. The lowest BCUT2D eigenvalue weighted by Gasteiger charge is -2.44. The summed E-state index contributed by atoms with van der Waals surface area (Å²) in [6, 6.07) is 22.0. The third kappa shape index (κ3) is 12.6. The lowest BCUT2D eigenvalue weighted by molar-refractivity contribution is -0.141. The number of ether oxygens (including phenoxy) is 1. The highest BCUT2D eigenvalue weighted by Gasteiger charge is 2.44. The van der Waals surface area contributed by atoms with E-state index >= 15 is 9.59 Å². The van der Waals surface area contributed by atoms with Crippen LogP contribution in [0.25, 0.3) is 22.5 Å². The number of carbonyl (C=O) groups excluding carboxylic acids is 3. The smallest absolute Gasteiger partial charge is 0.408 e. The number of nitrogens with zero attached hydrogens (tertiary/aromatic N) is 7. The average Bonchev–Trinajstić information content (AvgIpc) is 3.98. The van der Waals surface area contributed by atoms with Gasteiger partial charge in [0, 0.05) is 41.3 Å². The summed E-state index contributed by atoms with van der Waals surface area (Å²) in [7, 11) is 2.73. The van der Waals surface area contributed by atoms with Gasteiger partial charge in [-0.15, -0.1) is 0 Å². The second-order valence-electron chi connectivity index (χ2n) is 21.8. The molecular formula is C54H74N8O6S2. The topological polar surface area (TPSA) is 155 Å². The van der Waals surface area contributed by atoms with Gasteiger partial charge in [0.15, 0.2) is 0 Å². The van der Waals surface area contributed by atoms with Gasteiger partial charge in [-0.05, 0) is 78.4 Å². The van der Waals surface area contributed by atoms with E-state index in [-0.39, 0.29) is 35.4 Å². The number of amides is 4. The van der Waals surface area contributed by atoms with Gasteiger partial charge >= 0.3 is 12.2 Å². The average molecular weight is 995 g/mol. The third-order valence-electron chi connectivity index (χ3n) is 14.5. The minimum atomic E-state index is -1.17. The lowest BCUT2D eigenvalue weighted by Crippen LogP contribution is -2.59. The first-order chi connectivity index (χ1) is 33.5. The molecule has 378 valence electrons. The van der Waals surface area contributed by atoms with Gasteiger partial charge in [0.25, 0.3) is 0 Å². The van der Waals surface area contributed by atoms with Gasteiger partial charge in [-0.1, -0.05) is 146 Å². The van der Waals surface area contributed by atoms with Crippen LogP contribution >= 0.6 is 21.6 Å². The molecule has 2 unspecified atom stereocenters. The zero-order valence-electron chi connectivity index (χ0n) is 42.1. The van der Waals surface area contributed by atoms with Crippen LogP contribution in [0.2, 0.25) is 0 Å². The molecular weight excluding hydrogens is 921 g/mol. The quantitative estimate of drug-likeness (QED) is 0.0868. The predicted octanol–water partition coefficient (Wildman–Crippen LogP) is 11.2. The van der Waals surface area contributed by atoms with Crippen LogP contribution in [0, 0.1) is 11.8 Å². The maximum absolute atomic E-state index is 15.4. The second kappa shape index (κ2) is 22.6. The van der Waals surface area contributed by atoms with E-state index < -0.39 is 35.4 Å². The van der Waals surface area contributed by atoms with Gasteiger partial charge in [-0.2, -0.15) is 10.2 Å². The van der Waals surface area contributed by atoms with E-state index in [1.165, 1.54) is 52.2 Å². The van der Waals surface area contributed by atoms with Crippen LogP contribution in [-0.2, 0) is 27.4 Å². The summed E-state index contributed by atoms with van der Waals surface area (Å²) in [6.07, 6.45) is 11.3. The summed E-state index contributed by atoms with van der Waals surface area (Å²) in [5.41, 5.74) is 4.05. The summed E-state index contributed by atoms with van der Waals surface area (Å²) >= 11 is 0. The molecule has 4 aliphatic rings. The number of benzene rings is 2. The molecule has 16 heteroatoms. The van der Waals surface area contributed by atoms with Crippen LogP contribution in [0.15, 0.2) is 72.8 Å². The van der Waals surface area contributed by atoms with E-state index in [4.69, 9.17) is 14.9 Å². The number of aromatic nitrogens is 4. The largest absolute Gasteiger partial charge is 0.465 e. The zero-order chi connectivity index (χ0) is 49.6. The van der Waals surface area contributed by atoms with Gasteiger partial charge < -0.3 is 25.0 Å². The molecule has 2 aromatic heterocycles. The molecule has 14 nitrogen and oxygen atoms in total. The Kier molecular flexibility index (Phi) is 16.6. The fourth-order valence-electron chi connectivity index (χ4n) is 11.2. The SMILES string of the molecule is CC(C)(C)OC(=O)N[C@@H](CSSC[C@@H](C(=O)N1CCn2nc(-c3ccccc3)cc2C1CC1CCCCC1)N(C(=O)O)C(C)(C)C)C(=O)N1CCn2nc(-c3ccccc3)cc2C1CC1CCCCC1. The molecule has 4 amide bonds. The maximum Gasteiger partial charge on any atom is 0.408 e. The van der Waals surface area contributed by atoms with E-state index in [0.717, 1.165) is 85.3 Å². The first-order valence-electron chi connectivity index (χ1n) is 25.7. The standard InChI is InChI=1S/C54H74N8O6S2/c1-53(2,3)62(52(66)67)48(50(64)59-28-30-61-47(45(59)32-38-21-13-8-14-22-38)34-42(57-61)40-25-17-10-18-26-40)36-70-69-35-43(55-51(65)68-54(4,5)6)49(63)58-27-29-60-46(44(58)31-37-19-11-7-12-20-37)33-41(56-60)39-23-15-9-16-24-39/h9-10,15-18,23-26,33-34,37-38,43-45,48H,7-8,11-14,19-22,27-32,35-36H2,1-6H3,(H,55,65)(H,66,67)/t43-,44?,45?,48-/m0/s1. The molecule has 4 atom stereocenters. The van der Waals surface area contributed by atoms with Gasteiger partial charge in [-0.25, -0.2) is 9.59 Å². The van der Waals surface area contributed by atoms with Crippen molar-refractivity contribution in [2.24, 2.45) is 11.8 Å². The Balaban J connectivity index is 1.05. The Morgan fingerprint density at radius 1 is 0.671 bits per heavy atom. The molecule has 0 spiro atoms. The van der Waals surface area contributed by atoms with Gasteiger partial charge in [-0.3, -0.25) is 23.9 Å². The van der Waals surface area contributed by atoms with Crippen molar-refractivity contribution in [1.29, 1.82) is 0 Å². The summed E-state index contributed by atoms with van der Waals surface area (Å²) in [5.74, 6) is 0.775. The molecule has 2 N–H and O–H groups in total. The van der Waals surface area contributed by atoms with Crippen molar-refractivity contribution in [2.75, 3.05) is 24.6 Å². The Morgan fingerprint density at radius 3 is 1.57 bits per heavy atom. The molecule has 2 aliphatic heterocycles. The number of hydrogen-bond acceptors (Lipinski definition) is 9. The van der Waals surface area contributed by atoms with Crippen LogP contribution in [0.5, 0.6) is 0 Å². The zero-order valence-corrected chi connectivity index (χ0v) is 43.7. The molecule has 2 saturated carbocycles. The van der Waals surface area contributed by atoms with Crippen LogP contribution < -0.4 is 5.32 Å². The monoisotopic (exact) mass is 995 g/mol. The van der Waals surface area contributed by atoms with Crippen LogP contribution in [-0.4, -0.2) is 111 Å². The van der Waals surface area contributed by atoms with E-state index in [2.05, 4.69) is 34.3 Å². The van der Waals surface area contributed by atoms with Crippen molar-refractivity contribution in [3.63, 3.8) is 0 Å². The van der Waals surface area contributed by atoms with E-state index in [1.807, 2.05) is 83.8 Å². The number of rotatable bonds is 15. The highest BCUT2D eigenvalue weighted by Crippen LogP contribution is 2.42. The highest BCUT2D eigenvalue weighted by atomic mass is 33.1. The van der Waals surface area contributed by atoms with E-state index in [0.29, 0.717) is 38.0 Å². The molecule has 2 fully saturated rings. The molecule has 0 saturated heterocycles. The normalized spacial score (nSPS) is 20.0. The molecule has 0 bridgehead atoms. The number of carboxylic acid groups (broad SMARTS) is 1. The Labute approximate surface area is 422 Å².